The Bertz CT molecular complexity index is 1070. The van der Waals surface area contributed by atoms with Gasteiger partial charge >= 0.3 is 0 Å². The van der Waals surface area contributed by atoms with Crippen molar-refractivity contribution < 1.29 is 9.84 Å². The van der Waals surface area contributed by atoms with Gasteiger partial charge in [-0.05, 0) is 43.1 Å². The zero-order chi connectivity index (χ0) is 20.2. The summed E-state index contributed by atoms with van der Waals surface area (Å²) in [6, 6.07) is 15.8. The number of benzene rings is 2. The highest BCUT2D eigenvalue weighted by Gasteiger charge is 2.33. The van der Waals surface area contributed by atoms with Crippen LogP contribution in [0.2, 0.25) is 0 Å². The summed E-state index contributed by atoms with van der Waals surface area (Å²) in [6.07, 6.45) is 2.27. The quantitative estimate of drug-likeness (QED) is 0.714. The van der Waals surface area contributed by atoms with E-state index in [4.69, 9.17) is 4.74 Å². The lowest BCUT2D eigenvalue weighted by Crippen LogP contribution is -2.32. The van der Waals surface area contributed by atoms with Crippen molar-refractivity contribution in [3.63, 3.8) is 0 Å². The Morgan fingerprint density at radius 3 is 2.86 bits per heavy atom. The average Bonchev–Trinajstić information content (AvgIpc) is 3.38. The normalized spacial score (nSPS) is 20.9. The summed E-state index contributed by atoms with van der Waals surface area (Å²) in [7, 11) is 2.15. The third-order valence-corrected chi connectivity index (χ3v) is 6.85. The number of aryl methyl sites for hydroxylation is 1. The molecule has 1 N–H and O–H groups in total. The second-order valence-electron chi connectivity index (χ2n) is 9.27. The molecule has 2 aliphatic rings. The lowest BCUT2D eigenvalue weighted by atomic mass is 9.85. The summed E-state index contributed by atoms with van der Waals surface area (Å²) in [5, 5.41) is 10.9. The molecule has 5 rings (SSSR count). The molecule has 152 valence electrons. The minimum Gasteiger partial charge on any atom is -0.492 e. The summed E-state index contributed by atoms with van der Waals surface area (Å²) in [6.45, 7) is 7.44. The summed E-state index contributed by atoms with van der Waals surface area (Å²) >= 11 is 0. The van der Waals surface area contributed by atoms with Crippen LogP contribution in [0.5, 0.6) is 5.75 Å². The number of aliphatic hydroxyl groups excluding tert-OH is 1. The Labute approximate surface area is 172 Å². The first-order chi connectivity index (χ1) is 14.0. The molecule has 4 heteroatoms. The molecule has 0 amide bonds. The van der Waals surface area contributed by atoms with Gasteiger partial charge in [-0.15, -0.1) is 0 Å². The largest absolute Gasteiger partial charge is 0.492 e. The second-order valence-corrected chi connectivity index (χ2v) is 9.27. The van der Waals surface area contributed by atoms with E-state index in [-0.39, 0.29) is 12.0 Å². The number of hydrogen-bond donors (Lipinski definition) is 1. The van der Waals surface area contributed by atoms with Gasteiger partial charge in [-0.25, -0.2) is 0 Å². The fourth-order valence-corrected chi connectivity index (χ4v) is 5.03. The van der Waals surface area contributed by atoms with Crippen LogP contribution in [-0.4, -0.2) is 40.4 Å². The van der Waals surface area contributed by atoms with Crippen molar-refractivity contribution in [3.05, 3.63) is 53.7 Å². The van der Waals surface area contributed by atoms with E-state index >= 15 is 0 Å². The maximum atomic E-state index is 9.64. The highest BCUT2D eigenvalue weighted by molar-refractivity contribution is 5.88. The second kappa shape index (κ2) is 6.89. The molecule has 4 nitrogen and oxygen atoms in total. The fourth-order valence-electron chi connectivity index (χ4n) is 5.03. The van der Waals surface area contributed by atoms with Crippen LogP contribution in [0, 0.1) is 0 Å². The first kappa shape index (κ1) is 18.7. The maximum absolute atomic E-state index is 9.64. The highest BCUT2D eigenvalue weighted by Crippen LogP contribution is 2.44. The van der Waals surface area contributed by atoms with Gasteiger partial charge in [0.05, 0.1) is 13.2 Å². The molecular formula is C25H30N2O2. The van der Waals surface area contributed by atoms with Crippen LogP contribution in [0.1, 0.15) is 37.9 Å². The van der Waals surface area contributed by atoms with Crippen LogP contribution in [0.4, 0.5) is 0 Å². The lowest BCUT2D eigenvalue weighted by Gasteiger charge is -2.22. The molecule has 2 aliphatic heterocycles. The molecule has 0 bridgehead atoms. The van der Waals surface area contributed by atoms with E-state index in [2.05, 4.69) is 72.8 Å². The Kier molecular flexibility index (Phi) is 4.45. The Hall–Kier alpha value is -2.30. The van der Waals surface area contributed by atoms with Crippen molar-refractivity contribution in [1.29, 1.82) is 0 Å². The fraction of sp³-hybridized carbons (Fsp3) is 0.440. The van der Waals surface area contributed by atoms with E-state index in [1.807, 2.05) is 0 Å². The number of aromatic nitrogens is 1. The number of ether oxygens (including phenoxy) is 1. The molecule has 1 atom stereocenters. The Balaban J connectivity index is 1.52. The molecule has 29 heavy (non-hydrogen) atoms. The predicted octanol–water partition coefficient (Wildman–Crippen LogP) is 4.47. The maximum Gasteiger partial charge on any atom is 0.131 e. The topological polar surface area (TPSA) is 37.6 Å². The molecule has 2 aromatic carbocycles. The molecule has 0 unspecified atom stereocenters. The third-order valence-electron chi connectivity index (χ3n) is 6.85. The smallest absolute Gasteiger partial charge is 0.131 e. The molecular weight excluding hydrogens is 360 g/mol. The van der Waals surface area contributed by atoms with E-state index in [1.54, 1.807) is 0 Å². The molecule has 1 saturated heterocycles. The van der Waals surface area contributed by atoms with Crippen molar-refractivity contribution in [2.75, 3.05) is 19.8 Å². The van der Waals surface area contributed by atoms with Crippen LogP contribution in [0.25, 0.3) is 22.0 Å². The van der Waals surface area contributed by atoms with Crippen molar-refractivity contribution in [2.24, 2.45) is 7.05 Å². The van der Waals surface area contributed by atoms with E-state index < -0.39 is 0 Å². The number of nitrogens with zero attached hydrogens (tertiary/aromatic N) is 2. The van der Waals surface area contributed by atoms with Gasteiger partial charge in [0.2, 0.25) is 0 Å². The molecule has 3 heterocycles. The summed E-state index contributed by atoms with van der Waals surface area (Å²) in [5.41, 5.74) is 6.30. The van der Waals surface area contributed by atoms with E-state index in [0.717, 1.165) is 31.9 Å². The van der Waals surface area contributed by atoms with Gasteiger partial charge < -0.3 is 14.4 Å². The number of hydrogen-bond acceptors (Lipinski definition) is 3. The zero-order valence-corrected chi connectivity index (χ0v) is 17.6. The minimum atomic E-state index is 0.0638. The number of likely N-dealkylation sites (tertiary alicyclic amines) is 1. The van der Waals surface area contributed by atoms with E-state index in [1.165, 1.54) is 39.7 Å². The average molecular weight is 391 g/mol. The molecule has 0 radical (unpaired) electrons. The van der Waals surface area contributed by atoms with Crippen LogP contribution in [-0.2, 0) is 19.0 Å². The van der Waals surface area contributed by atoms with Crippen LogP contribution in [0.3, 0.4) is 0 Å². The summed E-state index contributed by atoms with van der Waals surface area (Å²) in [4.78, 5) is 2.41. The number of aliphatic hydroxyl groups is 1. The summed E-state index contributed by atoms with van der Waals surface area (Å²) < 4.78 is 8.41. The van der Waals surface area contributed by atoms with Gasteiger partial charge in [0.15, 0.2) is 0 Å². The monoisotopic (exact) mass is 390 g/mol. The molecule has 0 aliphatic carbocycles. The Morgan fingerprint density at radius 1 is 1.17 bits per heavy atom. The van der Waals surface area contributed by atoms with E-state index in [9.17, 15) is 5.11 Å². The number of para-hydroxylation sites is 1. The van der Waals surface area contributed by atoms with Gasteiger partial charge in [0, 0.05) is 52.8 Å². The molecule has 0 saturated carbocycles. The van der Waals surface area contributed by atoms with Gasteiger partial charge in [-0.3, -0.25) is 4.90 Å². The Morgan fingerprint density at radius 2 is 2.03 bits per heavy atom. The van der Waals surface area contributed by atoms with Crippen LogP contribution < -0.4 is 4.74 Å². The molecule has 0 spiro atoms. The predicted molar refractivity (Wildman–Crippen MR) is 117 cm³/mol. The first-order valence-corrected chi connectivity index (χ1v) is 10.7. The molecule has 1 fully saturated rings. The van der Waals surface area contributed by atoms with E-state index in [0.29, 0.717) is 6.04 Å². The number of rotatable bonds is 4. The first-order valence-electron chi connectivity index (χ1n) is 10.7. The van der Waals surface area contributed by atoms with Gasteiger partial charge in [-0.1, -0.05) is 38.1 Å². The SMILES string of the molecule is Cn1c(CN2CCC[C@@H]2CO)cc2cc(-c3cccc4c3OCC4(C)C)ccc21. The van der Waals surface area contributed by atoms with Crippen molar-refractivity contribution >= 4 is 10.9 Å². The summed E-state index contributed by atoms with van der Waals surface area (Å²) in [5.74, 6) is 1.04. The van der Waals surface area contributed by atoms with Gasteiger partial charge in [-0.2, -0.15) is 0 Å². The third kappa shape index (κ3) is 3.06. The van der Waals surface area contributed by atoms with Gasteiger partial charge in [0.1, 0.15) is 5.75 Å². The minimum absolute atomic E-state index is 0.0638. The lowest BCUT2D eigenvalue weighted by molar-refractivity contribution is 0.151. The van der Waals surface area contributed by atoms with Crippen LogP contribution >= 0.6 is 0 Å². The van der Waals surface area contributed by atoms with Crippen LogP contribution in [0.15, 0.2) is 42.5 Å². The van der Waals surface area contributed by atoms with Gasteiger partial charge in [0.25, 0.3) is 0 Å². The standard InChI is InChI=1S/C25H30N2O2/c1-25(2)16-29-24-21(7-4-8-22(24)25)17-9-10-23-18(12-17)13-20(26(23)3)14-27-11-5-6-19(27)15-28/h4,7-10,12-13,19,28H,5-6,11,14-16H2,1-3H3/t19-/m1/s1. The highest BCUT2D eigenvalue weighted by atomic mass is 16.5. The zero-order valence-electron chi connectivity index (χ0n) is 17.6. The molecule has 3 aromatic rings. The van der Waals surface area contributed by atoms with Crippen molar-refractivity contribution in [3.8, 4) is 16.9 Å². The number of fused-ring (bicyclic) bond motifs is 2. The van der Waals surface area contributed by atoms with Crippen molar-refractivity contribution in [1.82, 2.24) is 9.47 Å². The molecule has 1 aromatic heterocycles. The van der Waals surface area contributed by atoms with Crippen molar-refractivity contribution in [2.45, 2.75) is 44.7 Å².